The van der Waals surface area contributed by atoms with Crippen LogP contribution in [0, 0.1) is 0 Å². The van der Waals surface area contributed by atoms with Crippen molar-refractivity contribution >= 4 is 24.2 Å². The number of halogens is 1. The summed E-state index contributed by atoms with van der Waals surface area (Å²) in [5.41, 5.74) is 6.17. The summed E-state index contributed by atoms with van der Waals surface area (Å²) in [5.74, 6) is -0.133. The predicted octanol–water partition coefficient (Wildman–Crippen LogP) is 2.21. The van der Waals surface area contributed by atoms with Gasteiger partial charge in [-0.3, -0.25) is 9.59 Å². The van der Waals surface area contributed by atoms with Crippen molar-refractivity contribution in [1.82, 2.24) is 15.0 Å². The molecule has 1 atom stereocenters. The number of ether oxygens (including phenoxy) is 2. The fraction of sp³-hybridized carbons (Fsp3) is 0.765. The van der Waals surface area contributed by atoms with Gasteiger partial charge in [0.25, 0.3) is 0 Å². The number of esters is 1. The minimum Gasteiger partial charge on any atom is -0.466 e. The Labute approximate surface area is 161 Å². The lowest BCUT2D eigenvalue weighted by Gasteiger charge is -2.13. The van der Waals surface area contributed by atoms with Gasteiger partial charge in [0, 0.05) is 26.7 Å². The maximum atomic E-state index is 11.8. The zero-order valence-corrected chi connectivity index (χ0v) is 16.5. The summed E-state index contributed by atoms with van der Waals surface area (Å²) in [6.07, 6.45) is 7.02. The second-order valence-electron chi connectivity index (χ2n) is 6.04. The number of hydrogen-bond donors (Lipinski definition) is 1. The van der Waals surface area contributed by atoms with E-state index in [0.717, 1.165) is 38.7 Å². The number of nitrogens with two attached hydrogens (primary N) is 1. The van der Waals surface area contributed by atoms with Crippen LogP contribution in [0.3, 0.4) is 0 Å². The molecule has 1 heterocycles. The number of hydrogen-bond acceptors (Lipinski definition) is 7. The molecule has 1 unspecified atom stereocenters. The summed E-state index contributed by atoms with van der Waals surface area (Å²) in [7, 11) is 1.67. The SMILES string of the molecule is COCCCCCC(=O)OCCCCC(C(C)=O)n1cc(CN)nn1.Cl. The highest BCUT2D eigenvalue weighted by atomic mass is 35.5. The van der Waals surface area contributed by atoms with Gasteiger partial charge in [0.1, 0.15) is 6.04 Å². The third-order valence-corrected chi connectivity index (χ3v) is 3.92. The first-order valence-corrected chi connectivity index (χ1v) is 8.84. The average Bonchev–Trinajstić information content (AvgIpc) is 3.06. The molecule has 0 aliphatic carbocycles. The van der Waals surface area contributed by atoms with Crippen LogP contribution in [-0.4, -0.2) is 47.1 Å². The van der Waals surface area contributed by atoms with E-state index < -0.39 is 0 Å². The number of carbonyl (C=O) groups is 2. The predicted molar refractivity (Wildman–Crippen MR) is 100 cm³/mol. The number of carbonyl (C=O) groups excluding carboxylic acids is 2. The summed E-state index contributed by atoms with van der Waals surface area (Å²) in [6, 6.07) is -0.343. The molecule has 0 amide bonds. The van der Waals surface area contributed by atoms with Gasteiger partial charge in [0.05, 0.1) is 18.5 Å². The van der Waals surface area contributed by atoms with Crippen LogP contribution in [0.15, 0.2) is 6.20 Å². The molecule has 0 saturated carbocycles. The average molecular weight is 391 g/mol. The van der Waals surface area contributed by atoms with Crippen molar-refractivity contribution in [2.45, 2.75) is 64.5 Å². The molecular weight excluding hydrogens is 360 g/mol. The highest BCUT2D eigenvalue weighted by Crippen LogP contribution is 2.16. The van der Waals surface area contributed by atoms with Crippen LogP contribution in [-0.2, 0) is 25.6 Å². The van der Waals surface area contributed by atoms with Crippen molar-refractivity contribution in [3.63, 3.8) is 0 Å². The molecule has 0 saturated heterocycles. The summed E-state index contributed by atoms with van der Waals surface area (Å²) < 4.78 is 11.7. The second kappa shape index (κ2) is 14.6. The lowest BCUT2D eigenvalue weighted by atomic mass is 10.1. The Morgan fingerprint density at radius 1 is 1.19 bits per heavy atom. The van der Waals surface area contributed by atoms with Gasteiger partial charge in [-0.15, -0.1) is 17.5 Å². The van der Waals surface area contributed by atoms with Crippen LogP contribution in [0.25, 0.3) is 0 Å². The molecule has 0 aromatic carbocycles. The monoisotopic (exact) mass is 390 g/mol. The molecule has 1 rings (SSSR count). The molecule has 0 bridgehead atoms. The second-order valence-corrected chi connectivity index (χ2v) is 6.04. The third-order valence-electron chi connectivity index (χ3n) is 3.92. The van der Waals surface area contributed by atoms with E-state index in [2.05, 4.69) is 10.3 Å². The van der Waals surface area contributed by atoms with E-state index in [9.17, 15) is 9.59 Å². The third kappa shape index (κ3) is 9.84. The van der Waals surface area contributed by atoms with E-state index in [1.165, 1.54) is 6.92 Å². The molecule has 0 spiro atoms. The fourth-order valence-electron chi connectivity index (χ4n) is 2.47. The lowest BCUT2D eigenvalue weighted by molar-refractivity contribution is -0.144. The lowest BCUT2D eigenvalue weighted by Crippen LogP contribution is -2.18. The number of ketones is 1. The van der Waals surface area contributed by atoms with Crippen LogP contribution in [0.1, 0.15) is 63.6 Å². The molecule has 2 N–H and O–H groups in total. The van der Waals surface area contributed by atoms with E-state index in [-0.39, 0.29) is 30.2 Å². The Morgan fingerprint density at radius 2 is 1.92 bits per heavy atom. The van der Waals surface area contributed by atoms with Crippen LogP contribution < -0.4 is 5.73 Å². The highest BCUT2D eigenvalue weighted by molar-refractivity contribution is 5.85. The molecule has 0 radical (unpaired) electrons. The molecule has 26 heavy (non-hydrogen) atoms. The van der Waals surface area contributed by atoms with Crippen molar-refractivity contribution in [3.8, 4) is 0 Å². The summed E-state index contributed by atoms with van der Waals surface area (Å²) in [5, 5.41) is 7.87. The summed E-state index contributed by atoms with van der Waals surface area (Å²) in [6.45, 7) is 2.95. The van der Waals surface area contributed by atoms with Crippen LogP contribution in [0.5, 0.6) is 0 Å². The van der Waals surface area contributed by atoms with Crippen LogP contribution >= 0.6 is 12.4 Å². The Bertz CT molecular complexity index is 525. The maximum Gasteiger partial charge on any atom is 0.305 e. The first kappa shape index (κ1) is 24.5. The molecular formula is C17H31ClN4O4. The molecule has 9 heteroatoms. The van der Waals surface area contributed by atoms with Gasteiger partial charge in [-0.2, -0.15) is 0 Å². The summed E-state index contributed by atoms with van der Waals surface area (Å²) >= 11 is 0. The van der Waals surface area contributed by atoms with Gasteiger partial charge < -0.3 is 15.2 Å². The minimum atomic E-state index is -0.343. The molecule has 150 valence electrons. The van der Waals surface area contributed by atoms with Gasteiger partial charge in [0.2, 0.25) is 0 Å². The first-order valence-electron chi connectivity index (χ1n) is 8.84. The van der Waals surface area contributed by atoms with E-state index in [1.807, 2.05) is 0 Å². The van der Waals surface area contributed by atoms with E-state index in [0.29, 0.717) is 31.7 Å². The molecule has 1 aromatic rings. The van der Waals surface area contributed by atoms with Gasteiger partial charge >= 0.3 is 5.97 Å². The van der Waals surface area contributed by atoms with E-state index in [1.54, 1.807) is 18.0 Å². The maximum absolute atomic E-state index is 11.8. The van der Waals surface area contributed by atoms with Crippen molar-refractivity contribution in [1.29, 1.82) is 0 Å². The van der Waals surface area contributed by atoms with Gasteiger partial charge in [-0.1, -0.05) is 11.6 Å². The fourth-order valence-corrected chi connectivity index (χ4v) is 2.47. The van der Waals surface area contributed by atoms with E-state index >= 15 is 0 Å². The Morgan fingerprint density at radius 3 is 2.54 bits per heavy atom. The largest absolute Gasteiger partial charge is 0.466 e. The van der Waals surface area contributed by atoms with Crippen molar-refractivity contribution in [2.24, 2.45) is 5.73 Å². The van der Waals surface area contributed by atoms with Gasteiger partial charge in [-0.25, -0.2) is 4.68 Å². The number of Topliss-reactive ketones (excluding diaryl/α,β-unsaturated/α-hetero) is 1. The van der Waals surface area contributed by atoms with Gasteiger partial charge in [-0.05, 0) is 39.0 Å². The molecule has 1 aromatic heterocycles. The first-order chi connectivity index (χ1) is 12.1. The Kier molecular flexibility index (Phi) is 13.8. The quantitative estimate of drug-likeness (QED) is 0.383. The number of nitrogens with zero attached hydrogens (tertiary/aromatic N) is 3. The zero-order chi connectivity index (χ0) is 18.5. The molecule has 8 nitrogen and oxygen atoms in total. The van der Waals surface area contributed by atoms with Gasteiger partial charge in [0.15, 0.2) is 5.78 Å². The minimum absolute atomic E-state index is 0. The molecule has 0 aliphatic rings. The van der Waals surface area contributed by atoms with Crippen molar-refractivity contribution in [2.75, 3.05) is 20.3 Å². The standard InChI is InChI=1S/C17H30N4O4.ClH/c1-14(22)16(21-13-15(12-18)19-20-21)8-5-7-11-25-17(23)9-4-3-6-10-24-2;/h13,16H,3-12,18H2,1-2H3;1H. The molecule has 0 fully saturated rings. The smallest absolute Gasteiger partial charge is 0.305 e. The van der Waals surface area contributed by atoms with Crippen LogP contribution in [0.4, 0.5) is 0 Å². The molecule has 0 aliphatic heterocycles. The Balaban J connectivity index is 0.00000625. The van der Waals surface area contributed by atoms with Crippen LogP contribution in [0.2, 0.25) is 0 Å². The Hall–Kier alpha value is -1.51. The number of methoxy groups -OCH3 is 1. The van der Waals surface area contributed by atoms with Crippen molar-refractivity contribution < 1.29 is 19.1 Å². The normalized spacial score (nSPS) is 11.7. The van der Waals surface area contributed by atoms with Crippen molar-refractivity contribution in [3.05, 3.63) is 11.9 Å². The topological polar surface area (TPSA) is 109 Å². The summed E-state index contributed by atoms with van der Waals surface area (Å²) in [4.78, 5) is 23.4. The van der Waals surface area contributed by atoms with E-state index in [4.69, 9.17) is 15.2 Å². The number of aromatic nitrogens is 3. The zero-order valence-electron chi connectivity index (χ0n) is 15.7. The number of unbranched alkanes of at least 4 members (excludes halogenated alkanes) is 3. The highest BCUT2D eigenvalue weighted by Gasteiger charge is 2.17. The number of rotatable bonds is 14.